The molecule has 1 aromatic heterocycles. The number of phenolic OH excluding ortho intramolecular Hbond substituents is 2. The minimum Gasteiger partial charge on any atom is -0.748 e. The first-order valence-electron chi connectivity index (χ1n) is 31.8. The van der Waals surface area contributed by atoms with Gasteiger partial charge in [0.1, 0.15) is 22.7 Å². The standard InChI is InChI=1S/C20H29F3O7S.C18H13S.C13H16INO3.C12H20O2.C10H14O/c1-4-17(2,3)15(24)30-19-8-12-5-13(9-19)7-18(6-12,11-19)16(25)29-14(20(21,22)23)10-31(26,27)28;1-2-8-14(9-3-1)19-17-12-6-4-10-15(17)16-11-5-7-13-18(16)19;1-4-13(2,3)12(18)15-11(17)9-7-8(14)5-6-10(9)16;1-5-11(2,3)10(13)14-12(4)8-6-7-9-12;1-3-8(2)9-5-4-6-10(11)7-9/h12-14H,4-11H2,1-3H3,(H,26,27,28);1-13H;5-7,16H,4H2,1-3H3,(H,15,17,18);6,8H,5,7,9H2,1-4H3;4-8,11H,3H2,1-2H3/q;+1;;;/p-1. The molecule has 5 unspecified atom stereocenters. The second kappa shape index (κ2) is 31.0. The largest absolute Gasteiger partial charge is 0.748 e. The molecule has 5 aliphatic carbocycles. The van der Waals surface area contributed by atoms with Gasteiger partial charge < -0.3 is 29.0 Å². The number of benzene rings is 5. The van der Waals surface area contributed by atoms with Crippen molar-refractivity contribution < 1.29 is 74.5 Å². The van der Waals surface area contributed by atoms with Crippen molar-refractivity contribution in [3.63, 3.8) is 0 Å². The van der Waals surface area contributed by atoms with Gasteiger partial charge in [-0.2, -0.15) is 13.2 Å². The molecule has 5 aliphatic rings. The van der Waals surface area contributed by atoms with Crippen LogP contribution in [-0.4, -0.2) is 82.1 Å². The zero-order valence-electron chi connectivity index (χ0n) is 55.4. The summed E-state index contributed by atoms with van der Waals surface area (Å²) in [4.78, 5) is 62.7. The van der Waals surface area contributed by atoms with Crippen LogP contribution in [0.15, 0.2) is 133 Å². The number of aromatic hydroxyl groups is 2. The van der Waals surface area contributed by atoms with Crippen molar-refractivity contribution in [3.8, 4) is 16.4 Å². The summed E-state index contributed by atoms with van der Waals surface area (Å²) in [6, 6.07) is 40.5. The normalized spacial score (nSPS) is 21.2. The molecule has 2 amide bonds. The Hall–Kier alpha value is -6.36. The summed E-state index contributed by atoms with van der Waals surface area (Å²) in [6.45, 7) is 22.9. The molecule has 93 heavy (non-hydrogen) atoms. The van der Waals surface area contributed by atoms with Crippen LogP contribution in [-0.2, 0) is 43.5 Å². The van der Waals surface area contributed by atoms with Gasteiger partial charge in [-0.15, -0.1) is 0 Å². The van der Waals surface area contributed by atoms with Crippen LogP contribution < -0.4 is 5.32 Å². The SMILES string of the molecule is CCC(C)(C)C(=O)NC(=O)c1cc(I)ccc1O.CCC(C)(C)C(=O)OC1(C)C=CCC1.CCC(C)(C)C(=O)OC12CC3CC(C1)CC(C(=O)OC(CS(=O)(=O)[O-])C(F)(F)F)(C3)C2.CCC(C)c1cccc(O)c1.c1ccc(-[s+]2c3ccccc3c3ccccc32)cc1. The number of imide groups is 1. The highest BCUT2D eigenvalue weighted by atomic mass is 127. The highest BCUT2D eigenvalue weighted by Gasteiger charge is 2.64. The van der Waals surface area contributed by atoms with Crippen molar-refractivity contribution >= 4 is 93.1 Å². The van der Waals surface area contributed by atoms with Crippen LogP contribution in [0.1, 0.15) is 182 Å². The average molecular weight is 1440 g/mol. The Morgan fingerprint density at radius 3 is 1.75 bits per heavy atom. The molecule has 4 fully saturated rings. The lowest BCUT2D eigenvalue weighted by molar-refractivity contribution is -0.239. The van der Waals surface area contributed by atoms with Crippen LogP contribution in [0.4, 0.5) is 13.2 Å². The van der Waals surface area contributed by atoms with E-state index in [1.807, 2.05) is 88.4 Å². The molecule has 0 aliphatic heterocycles. The highest BCUT2D eigenvalue weighted by molar-refractivity contribution is 14.1. The van der Waals surface area contributed by atoms with Gasteiger partial charge in [0.05, 0.1) is 37.7 Å². The lowest BCUT2D eigenvalue weighted by Crippen LogP contribution is -2.61. The maximum absolute atomic E-state index is 13.3. The molecular formula is C73H91F3INO13S2. The third-order valence-corrected chi connectivity index (χ3v) is 22.4. The summed E-state index contributed by atoms with van der Waals surface area (Å²) >= 11 is 2.04. The molecule has 6 aromatic rings. The number of carbonyl (C=O) groups is 5. The van der Waals surface area contributed by atoms with Gasteiger partial charge in [0.2, 0.25) is 12.0 Å². The summed E-state index contributed by atoms with van der Waals surface area (Å²) in [5.41, 5.74) is -2.95. The van der Waals surface area contributed by atoms with E-state index in [0.29, 0.717) is 50.2 Å². The van der Waals surface area contributed by atoms with Crippen LogP contribution in [0.2, 0.25) is 0 Å². The first kappa shape index (κ1) is 75.7. The van der Waals surface area contributed by atoms with E-state index < -0.39 is 67.8 Å². The Labute approximate surface area is 562 Å². The number of allylic oxidation sites excluding steroid dienone is 1. The number of ether oxygens (including phenoxy) is 3. The Kier molecular flexibility index (Phi) is 25.2. The van der Waals surface area contributed by atoms with Gasteiger partial charge in [-0.05, 0) is 224 Å². The molecule has 4 bridgehead atoms. The van der Waals surface area contributed by atoms with E-state index in [9.17, 15) is 55.2 Å². The van der Waals surface area contributed by atoms with Crippen molar-refractivity contribution in [2.45, 2.75) is 190 Å². The summed E-state index contributed by atoms with van der Waals surface area (Å²) < 4.78 is 92.3. The molecule has 0 radical (unpaired) electrons. The van der Waals surface area contributed by atoms with Crippen LogP contribution >= 0.6 is 33.1 Å². The van der Waals surface area contributed by atoms with E-state index >= 15 is 0 Å². The number of nitrogens with one attached hydrogen (secondary N) is 1. The number of alkyl halides is 3. The van der Waals surface area contributed by atoms with E-state index in [1.54, 1.807) is 39.8 Å². The molecule has 4 saturated carbocycles. The van der Waals surface area contributed by atoms with Crippen LogP contribution in [0.5, 0.6) is 11.5 Å². The van der Waals surface area contributed by atoms with Gasteiger partial charge in [-0.25, -0.2) is 8.42 Å². The van der Waals surface area contributed by atoms with E-state index in [1.165, 1.54) is 42.8 Å². The maximum Gasteiger partial charge on any atom is 0.426 e. The first-order valence-corrected chi connectivity index (χ1v) is 35.7. The van der Waals surface area contributed by atoms with Crippen molar-refractivity contribution in [1.82, 2.24) is 5.32 Å². The zero-order valence-corrected chi connectivity index (χ0v) is 59.2. The van der Waals surface area contributed by atoms with Crippen molar-refractivity contribution in [2.75, 3.05) is 5.75 Å². The Morgan fingerprint density at radius 2 is 1.26 bits per heavy atom. The third-order valence-electron chi connectivity index (χ3n) is 18.7. The monoisotopic (exact) mass is 1440 g/mol. The maximum atomic E-state index is 13.3. The average Bonchev–Trinajstić information content (AvgIpc) is 1.35. The highest BCUT2D eigenvalue weighted by Crippen LogP contribution is 2.64. The second-order valence-corrected chi connectivity index (χ2v) is 31.9. The second-order valence-electron chi connectivity index (χ2n) is 27.3. The quantitative estimate of drug-likeness (QED) is 0.0205. The Bertz CT molecular complexity index is 3680. The lowest BCUT2D eigenvalue weighted by Gasteiger charge is -2.60. The number of phenols is 2. The Morgan fingerprint density at radius 1 is 0.720 bits per heavy atom. The topological polar surface area (TPSA) is 223 Å². The fraction of sp³-hybridized carbons (Fsp3) is 0.493. The molecule has 20 heteroatoms. The van der Waals surface area contributed by atoms with Crippen LogP contribution in [0.3, 0.4) is 0 Å². The number of hydrogen-bond acceptors (Lipinski definition) is 13. The van der Waals surface area contributed by atoms with Crippen LogP contribution in [0.25, 0.3) is 25.1 Å². The summed E-state index contributed by atoms with van der Waals surface area (Å²) in [7, 11) is -5.21. The van der Waals surface area contributed by atoms with Gasteiger partial charge in [0.25, 0.3) is 5.91 Å². The molecule has 5 aromatic carbocycles. The molecule has 1 heterocycles. The minimum atomic E-state index is -5.27. The molecule has 506 valence electrons. The molecular weight excluding hydrogens is 1350 g/mol. The Balaban J connectivity index is 0.000000193. The summed E-state index contributed by atoms with van der Waals surface area (Å²) in [6.07, 6.45) is 3.41. The van der Waals surface area contributed by atoms with Gasteiger partial charge in [0, 0.05) is 36.6 Å². The number of carbonyl (C=O) groups excluding carboxylic acids is 5. The van der Waals surface area contributed by atoms with E-state index in [0.717, 1.165) is 35.7 Å². The molecule has 11 rings (SSSR count). The van der Waals surface area contributed by atoms with Gasteiger partial charge in [0.15, 0.2) is 14.3 Å². The fourth-order valence-corrected chi connectivity index (χ4v) is 15.5. The molecule has 14 nitrogen and oxygen atoms in total. The van der Waals surface area contributed by atoms with E-state index in [-0.39, 0.29) is 62.9 Å². The predicted molar refractivity (Wildman–Crippen MR) is 367 cm³/mol. The number of amides is 2. The smallest absolute Gasteiger partial charge is 0.426 e. The van der Waals surface area contributed by atoms with Crippen molar-refractivity contribution in [2.24, 2.45) is 33.5 Å². The number of fused-ring (bicyclic) bond motifs is 3. The van der Waals surface area contributed by atoms with Gasteiger partial charge in [-0.3, -0.25) is 29.3 Å². The van der Waals surface area contributed by atoms with Gasteiger partial charge in [-0.1, -0.05) is 109 Å². The number of esters is 3. The van der Waals surface area contributed by atoms with Crippen molar-refractivity contribution in [3.05, 3.63) is 148 Å². The first-order chi connectivity index (χ1) is 43.3. The third kappa shape index (κ3) is 19.9. The number of thiophene rings is 1. The molecule has 0 spiro atoms. The number of hydrogen-bond donors (Lipinski definition) is 3. The summed E-state index contributed by atoms with van der Waals surface area (Å²) in [5.74, 6) is -3.66. The molecule has 3 N–H and O–H groups in total. The molecule has 0 saturated heterocycles. The summed E-state index contributed by atoms with van der Waals surface area (Å²) in [5, 5.41) is 23.9. The number of halogens is 4. The molecule has 5 atom stereocenters. The fourth-order valence-electron chi connectivity index (χ4n) is 11.9. The van der Waals surface area contributed by atoms with E-state index in [2.05, 4.69) is 109 Å². The predicted octanol–water partition coefficient (Wildman–Crippen LogP) is 17.7. The van der Waals surface area contributed by atoms with Gasteiger partial charge >= 0.3 is 24.1 Å². The lowest BCUT2D eigenvalue weighted by atomic mass is 9.48. The van der Waals surface area contributed by atoms with Crippen LogP contribution in [0, 0.1) is 37.1 Å². The zero-order chi connectivity index (χ0) is 69.1. The van der Waals surface area contributed by atoms with E-state index in [4.69, 9.17) is 14.6 Å². The minimum absolute atomic E-state index is 0.00100. The number of rotatable bonds is 16. The van der Waals surface area contributed by atoms with Crippen molar-refractivity contribution in [1.29, 1.82) is 0 Å².